The Labute approximate surface area is 164 Å². The fourth-order valence-corrected chi connectivity index (χ4v) is 4.90. The Morgan fingerprint density at radius 2 is 1.74 bits per heavy atom. The molecule has 3 heterocycles. The van der Waals surface area contributed by atoms with E-state index in [1.54, 1.807) is 11.3 Å². The van der Waals surface area contributed by atoms with Gasteiger partial charge in [-0.15, -0.1) is 0 Å². The lowest BCUT2D eigenvalue weighted by atomic mass is 10.2. The molecule has 0 bridgehead atoms. The van der Waals surface area contributed by atoms with Crippen molar-refractivity contribution >= 4 is 54.9 Å². The molecule has 0 N–H and O–H groups in total. The Balaban J connectivity index is 1.43. The molecule has 1 saturated heterocycles. The van der Waals surface area contributed by atoms with Crippen LogP contribution in [0.15, 0.2) is 57.7 Å². The molecule has 5 nitrogen and oxygen atoms in total. The van der Waals surface area contributed by atoms with Gasteiger partial charge in [-0.1, -0.05) is 35.1 Å². The highest BCUT2D eigenvalue weighted by Crippen LogP contribution is 2.35. The first kappa shape index (κ1) is 16.6. The maximum atomic E-state index is 11.4. The highest BCUT2D eigenvalue weighted by Gasteiger charge is 2.21. The number of hydrogen-bond acceptors (Lipinski definition) is 6. The van der Waals surface area contributed by atoms with Crippen LogP contribution < -0.4 is 15.4 Å². The van der Waals surface area contributed by atoms with Crippen LogP contribution in [0.25, 0.3) is 21.2 Å². The van der Waals surface area contributed by atoms with Crippen molar-refractivity contribution in [1.82, 2.24) is 4.98 Å². The predicted molar refractivity (Wildman–Crippen MR) is 112 cm³/mol. The molecule has 1 aliphatic heterocycles. The number of para-hydroxylation sites is 1. The van der Waals surface area contributed by atoms with Crippen LogP contribution in [0.3, 0.4) is 0 Å². The van der Waals surface area contributed by atoms with Crippen LogP contribution in [-0.4, -0.2) is 31.2 Å². The highest BCUT2D eigenvalue weighted by molar-refractivity contribution is 7.23. The SMILES string of the molecule is O=c1ccc2c(ccc3nc(N4CCN(c5ccccc5Cl)CC4)sc32)o1. The topological polar surface area (TPSA) is 49.6 Å². The first-order valence-electron chi connectivity index (χ1n) is 8.77. The minimum Gasteiger partial charge on any atom is -0.423 e. The highest BCUT2D eigenvalue weighted by atomic mass is 35.5. The lowest BCUT2D eigenvalue weighted by Crippen LogP contribution is -2.46. The van der Waals surface area contributed by atoms with Crippen LogP contribution in [0.2, 0.25) is 5.02 Å². The molecule has 0 radical (unpaired) electrons. The second-order valence-corrected chi connectivity index (χ2v) is 7.89. The Morgan fingerprint density at radius 3 is 2.56 bits per heavy atom. The number of fused-ring (bicyclic) bond motifs is 3. The van der Waals surface area contributed by atoms with E-state index >= 15 is 0 Å². The van der Waals surface area contributed by atoms with E-state index in [0.717, 1.165) is 57.6 Å². The summed E-state index contributed by atoms with van der Waals surface area (Å²) >= 11 is 7.98. The summed E-state index contributed by atoms with van der Waals surface area (Å²) in [6.07, 6.45) is 0. The van der Waals surface area contributed by atoms with Crippen LogP contribution in [-0.2, 0) is 0 Å². The first-order chi connectivity index (χ1) is 13.2. The standard InChI is InChI=1S/C20H16ClN3O2S/c21-14-3-1-2-4-16(14)23-9-11-24(12-10-23)20-22-15-6-7-17-13(19(15)27-20)5-8-18(25)26-17/h1-8H,9-12H2. The summed E-state index contributed by atoms with van der Waals surface area (Å²) in [5.41, 5.74) is 2.30. The summed E-state index contributed by atoms with van der Waals surface area (Å²) in [6.45, 7) is 3.57. The third kappa shape index (κ3) is 2.95. The van der Waals surface area contributed by atoms with Crippen LogP contribution in [0, 0.1) is 0 Å². The van der Waals surface area contributed by atoms with Crippen molar-refractivity contribution in [3.63, 3.8) is 0 Å². The maximum Gasteiger partial charge on any atom is 0.336 e. The second-order valence-electron chi connectivity index (χ2n) is 6.50. The van der Waals surface area contributed by atoms with Gasteiger partial charge in [0.2, 0.25) is 0 Å². The molecular formula is C20H16ClN3O2S. The molecule has 2 aromatic carbocycles. The zero-order chi connectivity index (χ0) is 18.4. The number of hydrogen-bond donors (Lipinski definition) is 0. The number of anilines is 2. The van der Waals surface area contributed by atoms with Gasteiger partial charge in [0, 0.05) is 37.6 Å². The Hall–Kier alpha value is -2.57. The fourth-order valence-electron chi connectivity index (χ4n) is 3.51. The lowest BCUT2D eigenvalue weighted by Gasteiger charge is -2.36. The molecule has 0 atom stereocenters. The summed E-state index contributed by atoms with van der Waals surface area (Å²) < 4.78 is 6.34. The van der Waals surface area contributed by atoms with Crippen molar-refractivity contribution in [2.75, 3.05) is 36.0 Å². The summed E-state index contributed by atoms with van der Waals surface area (Å²) in [5.74, 6) is 0. The summed E-state index contributed by atoms with van der Waals surface area (Å²) in [4.78, 5) is 20.9. The summed E-state index contributed by atoms with van der Waals surface area (Å²) in [7, 11) is 0. The van der Waals surface area contributed by atoms with Crippen molar-refractivity contribution in [3.8, 4) is 0 Å². The molecule has 7 heteroatoms. The van der Waals surface area contributed by atoms with E-state index in [1.807, 2.05) is 36.4 Å². The van der Waals surface area contributed by atoms with E-state index in [-0.39, 0.29) is 5.63 Å². The minimum absolute atomic E-state index is 0.331. The molecule has 4 aromatic rings. The molecule has 0 amide bonds. The first-order valence-corrected chi connectivity index (χ1v) is 9.96. The van der Waals surface area contributed by atoms with E-state index < -0.39 is 0 Å². The van der Waals surface area contributed by atoms with Gasteiger partial charge < -0.3 is 14.2 Å². The minimum atomic E-state index is -0.331. The predicted octanol–water partition coefficient (Wildman–Crippen LogP) is 4.38. The monoisotopic (exact) mass is 397 g/mol. The Bertz CT molecular complexity index is 1190. The Kier molecular flexibility index (Phi) is 4.02. The summed E-state index contributed by atoms with van der Waals surface area (Å²) in [6, 6.07) is 15.0. The molecule has 136 valence electrons. The number of piperazine rings is 1. The normalized spacial score (nSPS) is 15.0. The summed E-state index contributed by atoms with van der Waals surface area (Å²) in [5, 5.41) is 2.73. The molecule has 0 aliphatic carbocycles. The average Bonchev–Trinajstić information content (AvgIpc) is 3.13. The molecule has 1 aliphatic rings. The van der Waals surface area contributed by atoms with E-state index in [0.29, 0.717) is 5.58 Å². The molecule has 0 spiro atoms. The molecule has 0 saturated carbocycles. The number of aromatic nitrogens is 1. The zero-order valence-electron chi connectivity index (χ0n) is 14.4. The quantitative estimate of drug-likeness (QED) is 0.470. The van der Waals surface area contributed by atoms with Crippen LogP contribution >= 0.6 is 22.9 Å². The van der Waals surface area contributed by atoms with Crippen LogP contribution in [0.4, 0.5) is 10.8 Å². The lowest BCUT2D eigenvalue weighted by molar-refractivity contribution is 0.561. The number of rotatable bonds is 2. The third-order valence-corrected chi connectivity index (χ3v) is 6.37. The molecule has 1 fully saturated rings. The average molecular weight is 398 g/mol. The Morgan fingerprint density at radius 1 is 0.963 bits per heavy atom. The fraction of sp³-hybridized carbons (Fsp3) is 0.200. The molecule has 0 unspecified atom stereocenters. The second kappa shape index (κ2) is 6.55. The van der Waals surface area contributed by atoms with E-state index in [1.165, 1.54) is 6.07 Å². The molecular weight excluding hydrogens is 382 g/mol. The molecule has 5 rings (SSSR count). The number of nitrogens with zero attached hydrogens (tertiary/aromatic N) is 3. The largest absolute Gasteiger partial charge is 0.423 e. The third-order valence-electron chi connectivity index (χ3n) is 4.88. The molecule has 27 heavy (non-hydrogen) atoms. The van der Waals surface area contributed by atoms with Gasteiger partial charge in [0.25, 0.3) is 0 Å². The van der Waals surface area contributed by atoms with E-state index in [4.69, 9.17) is 21.0 Å². The van der Waals surface area contributed by atoms with Gasteiger partial charge in [0.15, 0.2) is 5.13 Å². The van der Waals surface area contributed by atoms with Crippen molar-refractivity contribution in [2.45, 2.75) is 0 Å². The zero-order valence-corrected chi connectivity index (χ0v) is 16.0. The molecule has 2 aromatic heterocycles. The van der Waals surface area contributed by atoms with Gasteiger partial charge >= 0.3 is 5.63 Å². The van der Waals surface area contributed by atoms with Crippen molar-refractivity contribution in [2.24, 2.45) is 0 Å². The van der Waals surface area contributed by atoms with Crippen molar-refractivity contribution < 1.29 is 4.42 Å². The van der Waals surface area contributed by atoms with Gasteiger partial charge in [-0.3, -0.25) is 0 Å². The van der Waals surface area contributed by atoms with Crippen molar-refractivity contribution in [3.05, 3.63) is 64.0 Å². The van der Waals surface area contributed by atoms with Gasteiger partial charge in [-0.05, 0) is 30.3 Å². The van der Waals surface area contributed by atoms with Gasteiger partial charge in [-0.2, -0.15) is 0 Å². The smallest absolute Gasteiger partial charge is 0.336 e. The number of benzene rings is 2. The van der Waals surface area contributed by atoms with Gasteiger partial charge in [0.1, 0.15) is 5.58 Å². The van der Waals surface area contributed by atoms with Gasteiger partial charge in [0.05, 0.1) is 20.9 Å². The van der Waals surface area contributed by atoms with Gasteiger partial charge in [-0.25, -0.2) is 9.78 Å². The van der Waals surface area contributed by atoms with E-state index in [2.05, 4.69) is 15.9 Å². The van der Waals surface area contributed by atoms with Crippen molar-refractivity contribution in [1.29, 1.82) is 0 Å². The number of thiazole rings is 1. The van der Waals surface area contributed by atoms with Crippen LogP contribution in [0.5, 0.6) is 0 Å². The maximum absolute atomic E-state index is 11.4. The van der Waals surface area contributed by atoms with Crippen LogP contribution in [0.1, 0.15) is 0 Å². The number of halogens is 1. The van der Waals surface area contributed by atoms with E-state index in [9.17, 15) is 4.79 Å².